The van der Waals surface area contributed by atoms with Crippen molar-refractivity contribution in [3.63, 3.8) is 0 Å². The predicted molar refractivity (Wildman–Crippen MR) is 98.5 cm³/mol. The number of aromatic nitrogens is 1. The summed E-state index contributed by atoms with van der Waals surface area (Å²) >= 11 is 0. The Morgan fingerprint density at radius 3 is 2.68 bits per heavy atom. The topological polar surface area (TPSA) is 79.4 Å². The summed E-state index contributed by atoms with van der Waals surface area (Å²) in [7, 11) is -3.32. The summed E-state index contributed by atoms with van der Waals surface area (Å²) in [5, 5.41) is 2.75. The maximum absolute atomic E-state index is 12.5. The molecule has 7 heteroatoms. The van der Waals surface area contributed by atoms with Crippen LogP contribution in [0.2, 0.25) is 0 Å². The highest BCUT2D eigenvalue weighted by atomic mass is 32.2. The zero-order valence-corrected chi connectivity index (χ0v) is 15.1. The van der Waals surface area contributed by atoms with Crippen LogP contribution < -0.4 is 9.62 Å². The van der Waals surface area contributed by atoms with Gasteiger partial charge in [-0.3, -0.25) is 9.10 Å². The van der Waals surface area contributed by atoms with Gasteiger partial charge in [0.25, 0.3) is 5.91 Å². The van der Waals surface area contributed by atoms with Crippen molar-refractivity contribution in [1.29, 1.82) is 0 Å². The monoisotopic (exact) mass is 359 g/mol. The molecule has 1 aliphatic rings. The fraction of sp³-hybridized carbons (Fsp3) is 0.333. The number of anilines is 2. The molecule has 1 fully saturated rings. The number of nitrogens with one attached hydrogen (secondary N) is 1. The molecule has 2 heterocycles. The number of rotatable bonds is 3. The van der Waals surface area contributed by atoms with E-state index in [0.29, 0.717) is 30.0 Å². The Morgan fingerprint density at radius 1 is 1.16 bits per heavy atom. The van der Waals surface area contributed by atoms with E-state index in [4.69, 9.17) is 0 Å². The molecule has 132 valence electrons. The highest BCUT2D eigenvalue weighted by molar-refractivity contribution is 7.92. The highest BCUT2D eigenvalue weighted by Gasteiger charge is 2.27. The first-order chi connectivity index (χ1) is 11.9. The van der Waals surface area contributed by atoms with E-state index in [9.17, 15) is 13.2 Å². The van der Waals surface area contributed by atoms with Gasteiger partial charge in [-0.2, -0.15) is 0 Å². The summed E-state index contributed by atoms with van der Waals surface area (Å²) in [6.07, 6.45) is 3.13. The van der Waals surface area contributed by atoms with Crippen molar-refractivity contribution in [2.24, 2.45) is 0 Å². The van der Waals surface area contributed by atoms with Gasteiger partial charge in [-0.1, -0.05) is 6.07 Å². The minimum absolute atomic E-state index is 0.149. The fourth-order valence-corrected chi connectivity index (χ4v) is 4.56. The Bertz CT molecular complexity index is 910. The minimum atomic E-state index is -3.32. The van der Waals surface area contributed by atoms with Gasteiger partial charge >= 0.3 is 0 Å². The van der Waals surface area contributed by atoms with E-state index in [-0.39, 0.29) is 11.7 Å². The molecule has 0 unspecified atom stereocenters. The molecule has 0 aliphatic carbocycles. The van der Waals surface area contributed by atoms with Crippen LogP contribution in [0, 0.1) is 13.8 Å². The molecule has 0 radical (unpaired) electrons. The van der Waals surface area contributed by atoms with E-state index >= 15 is 0 Å². The molecule has 2 aromatic rings. The molecular weight excluding hydrogens is 338 g/mol. The predicted octanol–water partition coefficient (Wildman–Crippen LogP) is 2.88. The van der Waals surface area contributed by atoms with E-state index in [0.717, 1.165) is 17.5 Å². The van der Waals surface area contributed by atoms with Crippen LogP contribution >= 0.6 is 0 Å². The van der Waals surface area contributed by atoms with Crippen LogP contribution in [0.5, 0.6) is 0 Å². The van der Waals surface area contributed by atoms with Crippen molar-refractivity contribution in [1.82, 2.24) is 4.98 Å². The zero-order valence-electron chi connectivity index (χ0n) is 14.3. The molecule has 1 N–H and O–H groups in total. The normalized spacial score (nSPS) is 16.5. The molecule has 1 amide bonds. The Hall–Kier alpha value is -2.41. The molecule has 3 rings (SSSR count). The van der Waals surface area contributed by atoms with Gasteiger partial charge < -0.3 is 5.32 Å². The summed E-state index contributed by atoms with van der Waals surface area (Å²) in [6.45, 7) is 4.22. The lowest BCUT2D eigenvalue weighted by Crippen LogP contribution is -2.38. The lowest BCUT2D eigenvalue weighted by atomic mass is 10.1. The molecule has 1 aromatic carbocycles. The van der Waals surface area contributed by atoms with Crippen LogP contribution in [0.25, 0.3) is 0 Å². The second-order valence-corrected chi connectivity index (χ2v) is 8.28. The Balaban J connectivity index is 1.89. The maximum atomic E-state index is 12.5. The smallest absolute Gasteiger partial charge is 0.256 e. The van der Waals surface area contributed by atoms with Gasteiger partial charge in [0.15, 0.2) is 0 Å². The molecule has 1 aliphatic heterocycles. The number of hydrogen-bond donors (Lipinski definition) is 1. The quantitative estimate of drug-likeness (QED) is 0.914. The third kappa shape index (κ3) is 3.82. The molecular formula is C18H21N3O3S. The average molecular weight is 359 g/mol. The molecule has 1 saturated heterocycles. The van der Waals surface area contributed by atoms with Gasteiger partial charge in [0.1, 0.15) is 5.82 Å². The number of hydrogen-bond acceptors (Lipinski definition) is 4. The van der Waals surface area contributed by atoms with E-state index in [1.54, 1.807) is 30.5 Å². The fourth-order valence-electron chi connectivity index (χ4n) is 2.87. The summed E-state index contributed by atoms with van der Waals surface area (Å²) in [4.78, 5) is 16.6. The van der Waals surface area contributed by atoms with Crippen LogP contribution in [-0.2, 0) is 10.0 Å². The third-order valence-electron chi connectivity index (χ3n) is 4.25. The number of carbonyl (C=O) groups excluding carboxylic acids is 1. The molecule has 0 atom stereocenters. The molecule has 0 bridgehead atoms. The van der Waals surface area contributed by atoms with Gasteiger partial charge in [-0.05, 0) is 62.1 Å². The number of pyridine rings is 1. The lowest BCUT2D eigenvalue weighted by molar-refractivity contribution is 0.102. The van der Waals surface area contributed by atoms with Crippen LogP contribution in [0.4, 0.5) is 11.5 Å². The number of sulfonamides is 1. The second kappa shape index (κ2) is 6.84. The van der Waals surface area contributed by atoms with E-state index < -0.39 is 10.0 Å². The zero-order chi connectivity index (χ0) is 18.0. The van der Waals surface area contributed by atoms with Crippen molar-refractivity contribution < 1.29 is 13.2 Å². The van der Waals surface area contributed by atoms with Gasteiger partial charge in [-0.25, -0.2) is 13.4 Å². The number of aryl methyl sites for hydroxylation is 2. The molecule has 0 saturated carbocycles. The minimum Gasteiger partial charge on any atom is -0.307 e. The van der Waals surface area contributed by atoms with Crippen molar-refractivity contribution in [2.45, 2.75) is 26.7 Å². The Labute approximate surface area is 147 Å². The van der Waals surface area contributed by atoms with Crippen LogP contribution in [-0.4, -0.2) is 31.6 Å². The second-order valence-electron chi connectivity index (χ2n) is 6.27. The molecule has 6 nitrogen and oxygen atoms in total. The van der Waals surface area contributed by atoms with E-state index in [2.05, 4.69) is 10.3 Å². The summed E-state index contributed by atoms with van der Waals surface area (Å²) in [5.74, 6) is 0.308. The molecule has 25 heavy (non-hydrogen) atoms. The van der Waals surface area contributed by atoms with Crippen molar-refractivity contribution in [2.75, 3.05) is 21.9 Å². The Kier molecular flexibility index (Phi) is 4.76. The number of carbonyl (C=O) groups is 1. The number of nitrogens with zero attached hydrogens (tertiary/aromatic N) is 2. The summed E-state index contributed by atoms with van der Waals surface area (Å²) < 4.78 is 26.1. The number of benzene rings is 1. The average Bonchev–Trinajstić information content (AvgIpc) is 2.55. The van der Waals surface area contributed by atoms with Crippen molar-refractivity contribution in [3.8, 4) is 0 Å². The maximum Gasteiger partial charge on any atom is 0.256 e. The summed E-state index contributed by atoms with van der Waals surface area (Å²) in [5.41, 5.74) is 2.80. The van der Waals surface area contributed by atoms with Crippen LogP contribution in [0.15, 0.2) is 36.5 Å². The van der Waals surface area contributed by atoms with E-state index in [1.165, 1.54) is 4.31 Å². The van der Waals surface area contributed by atoms with Gasteiger partial charge in [0.05, 0.1) is 11.4 Å². The van der Waals surface area contributed by atoms with Crippen LogP contribution in [0.3, 0.4) is 0 Å². The SMILES string of the molecule is Cc1ccnc(NC(=O)c2ccc(C)c(N3CCCCS3(=O)=O)c2)c1. The standard InChI is InChI=1S/C18H21N3O3S/c1-13-7-8-19-17(11-13)20-18(22)15-6-5-14(2)16(12-15)21-9-3-4-10-25(21,23)24/h5-8,11-12H,3-4,9-10H2,1-2H3,(H,19,20,22). The first kappa shape index (κ1) is 17.4. The van der Waals surface area contributed by atoms with Gasteiger partial charge in [0, 0.05) is 18.3 Å². The first-order valence-corrected chi connectivity index (χ1v) is 9.83. The lowest BCUT2D eigenvalue weighted by Gasteiger charge is -2.29. The Morgan fingerprint density at radius 2 is 1.96 bits per heavy atom. The summed E-state index contributed by atoms with van der Waals surface area (Å²) in [6, 6.07) is 8.74. The van der Waals surface area contributed by atoms with Crippen LogP contribution in [0.1, 0.15) is 34.3 Å². The third-order valence-corrected chi connectivity index (χ3v) is 6.10. The first-order valence-electron chi connectivity index (χ1n) is 8.22. The highest BCUT2D eigenvalue weighted by Crippen LogP contribution is 2.28. The van der Waals surface area contributed by atoms with Crippen molar-refractivity contribution >= 4 is 27.4 Å². The van der Waals surface area contributed by atoms with Gasteiger partial charge in [-0.15, -0.1) is 0 Å². The van der Waals surface area contributed by atoms with E-state index in [1.807, 2.05) is 19.9 Å². The largest absolute Gasteiger partial charge is 0.307 e. The molecule has 1 aromatic heterocycles. The molecule has 0 spiro atoms. The van der Waals surface area contributed by atoms with Crippen molar-refractivity contribution in [3.05, 3.63) is 53.2 Å². The number of amides is 1. The van der Waals surface area contributed by atoms with Gasteiger partial charge in [0.2, 0.25) is 10.0 Å².